The van der Waals surface area contributed by atoms with E-state index in [1.165, 1.54) is 17.3 Å². The molecule has 1 amide bonds. The largest absolute Gasteiger partial charge is 0.337 e. The highest BCUT2D eigenvalue weighted by molar-refractivity contribution is 8.00. The van der Waals surface area contributed by atoms with E-state index in [9.17, 15) is 10.1 Å². The van der Waals surface area contributed by atoms with Crippen molar-refractivity contribution in [2.45, 2.75) is 68.9 Å². The fourth-order valence-electron chi connectivity index (χ4n) is 2.82. The highest BCUT2D eigenvalue weighted by atomic mass is 32.2. The summed E-state index contributed by atoms with van der Waals surface area (Å²) < 4.78 is 2.13. The zero-order valence-corrected chi connectivity index (χ0v) is 17.7. The van der Waals surface area contributed by atoms with Gasteiger partial charge in [-0.05, 0) is 38.2 Å². The third kappa shape index (κ3) is 4.56. The van der Waals surface area contributed by atoms with E-state index >= 15 is 0 Å². The number of nitrogens with zero attached hydrogens (tertiary/aromatic N) is 4. The molecule has 2 unspecified atom stereocenters. The van der Waals surface area contributed by atoms with Gasteiger partial charge in [0.05, 0.1) is 17.9 Å². The summed E-state index contributed by atoms with van der Waals surface area (Å²) >= 11 is 1.39. The summed E-state index contributed by atoms with van der Waals surface area (Å²) in [7, 11) is 0. The number of aromatic nitrogens is 3. The predicted molar refractivity (Wildman–Crippen MR) is 110 cm³/mol. The van der Waals surface area contributed by atoms with E-state index in [0.717, 1.165) is 23.8 Å². The lowest BCUT2D eigenvalue weighted by Crippen LogP contribution is -2.51. The van der Waals surface area contributed by atoms with Crippen molar-refractivity contribution in [1.29, 1.82) is 5.26 Å². The van der Waals surface area contributed by atoms with Gasteiger partial charge in [-0.2, -0.15) is 5.26 Å². The molecule has 28 heavy (non-hydrogen) atoms. The van der Waals surface area contributed by atoms with E-state index in [4.69, 9.17) is 0 Å². The first-order valence-electron chi connectivity index (χ1n) is 9.71. The van der Waals surface area contributed by atoms with Crippen LogP contribution in [0.2, 0.25) is 0 Å². The van der Waals surface area contributed by atoms with Gasteiger partial charge in [-0.3, -0.25) is 4.79 Å². The van der Waals surface area contributed by atoms with E-state index in [0.29, 0.717) is 12.5 Å². The Morgan fingerprint density at radius 2 is 2.00 bits per heavy atom. The molecule has 1 heterocycles. The Balaban J connectivity index is 1.76. The normalized spacial score (nSPS) is 17.0. The van der Waals surface area contributed by atoms with Crippen LogP contribution in [0.1, 0.15) is 57.8 Å². The number of rotatable bonds is 8. The standard InChI is InChI=1S/C21H27N5OS/c1-14(2)21(4,13-22)23-19(27)15(3)28-20-25-24-18(17-10-11-17)26(20)12-16-8-6-5-7-9-16/h5-9,14-15,17H,10-12H2,1-4H3,(H,23,27). The lowest BCUT2D eigenvalue weighted by Gasteiger charge is -2.28. The second-order valence-corrected chi connectivity index (χ2v) is 9.21. The zero-order valence-electron chi connectivity index (χ0n) is 16.8. The van der Waals surface area contributed by atoms with Crippen molar-refractivity contribution in [3.05, 3.63) is 41.7 Å². The summed E-state index contributed by atoms with van der Waals surface area (Å²) in [6.45, 7) is 8.16. The minimum Gasteiger partial charge on any atom is -0.337 e. The van der Waals surface area contributed by atoms with E-state index in [2.05, 4.69) is 38.3 Å². The van der Waals surface area contributed by atoms with Gasteiger partial charge in [0.2, 0.25) is 5.91 Å². The topological polar surface area (TPSA) is 83.6 Å². The average Bonchev–Trinajstić information content (AvgIpc) is 3.45. The van der Waals surface area contributed by atoms with E-state index < -0.39 is 5.54 Å². The third-order valence-corrected chi connectivity index (χ3v) is 6.37. The van der Waals surface area contributed by atoms with Gasteiger partial charge in [0, 0.05) is 5.92 Å². The summed E-state index contributed by atoms with van der Waals surface area (Å²) in [4.78, 5) is 12.7. The quantitative estimate of drug-likeness (QED) is 0.686. The molecule has 1 saturated carbocycles. The maximum absolute atomic E-state index is 12.7. The number of hydrogen-bond donors (Lipinski definition) is 1. The number of thioether (sulfide) groups is 1. The van der Waals surface area contributed by atoms with Crippen LogP contribution in [0.15, 0.2) is 35.5 Å². The van der Waals surface area contributed by atoms with Crippen LogP contribution in [0.5, 0.6) is 0 Å². The number of nitrogens with one attached hydrogen (secondary N) is 1. The van der Waals surface area contributed by atoms with Crippen LogP contribution >= 0.6 is 11.8 Å². The Morgan fingerprint density at radius 1 is 1.32 bits per heavy atom. The molecular weight excluding hydrogens is 370 g/mol. The smallest absolute Gasteiger partial charge is 0.234 e. The fraction of sp³-hybridized carbons (Fsp3) is 0.524. The van der Waals surface area contributed by atoms with E-state index in [1.54, 1.807) is 6.92 Å². The maximum atomic E-state index is 12.7. The van der Waals surface area contributed by atoms with E-state index in [1.807, 2.05) is 39.0 Å². The Morgan fingerprint density at radius 3 is 2.57 bits per heavy atom. The molecule has 3 rings (SSSR count). The zero-order chi connectivity index (χ0) is 20.3. The molecule has 1 fully saturated rings. The van der Waals surface area contributed by atoms with Gasteiger partial charge in [0.25, 0.3) is 0 Å². The monoisotopic (exact) mass is 397 g/mol. The van der Waals surface area contributed by atoms with Crippen molar-refractivity contribution in [3.63, 3.8) is 0 Å². The first-order chi connectivity index (χ1) is 13.3. The maximum Gasteiger partial charge on any atom is 0.234 e. The molecule has 1 aliphatic rings. The predicted octanol–water partition coefficient (Wildman–Crippen LogP) is 3.74. The van der Waals surface area contributed by atoms with Gasteiger partial charge in [0.15, 0.2) is 5.16 Å². The van der Waals surface area contributed by atoms with Crippen molar-refractivity contribution in [1.82, 2.24) is 20.1 Å². The second kappa shape index (κ2) is 8.36. The number of amides is 1. The van der Waals surface area contributed by atoms with Crippen LogP contribution in [0.3, 0.4) is 0 Å². The van der Waals surface area contributed by atoms with Gasteiger partial charge < -0.3 is 9.88 Å². The Bertz CT molecular complexity index is 869. The molecule has 1 N–H and O–H groups in total. The molecule has 2 atom stereocenters. The molecule has 1 aliphatic carbocycles. The molecular formula is C21H27N5OS. The van der Waals surface area contributed by atoms with Crippen LogP contribution in [-0.4, -0.2) is 31.5 Å². The molecule has 6 nitrogen and oxygen atoms in total. The lowest BCUT2D eigenvalue weighted by molar-refractivity contribution is -0.121. The molecule has 0 aliphatic heterocycles. The van der Waals surface area contributed by atoms with Crippen LogP contribution in [0, 0.1) is 17.2 Å². The molecule has 0 radical (unpaired) electrons. The first-order valence-corrected chi connectivity index (χ1v) is 10.6. The average molecular weight is 398 g/mol. The van der Waals surface area contributed by atoms with Crippen molar-refractivity contribution in [2.24, 2.45) is 5.92 Å². The minimum absolute atomic E-state index is 0.0156. The number of carbonyl (C=O) groups is 1. The molecule has 2 aromatic rings. The van der Waals surface area contributed by atoms with Gasteiger partial charge in [-0.15, -0.1) is 10.2 Å². The second-order valence-electron chi connectivity index (χ2n) is 7.90. The third-order valence-electron chi connectivity index (χ3n) is 5.29. The molecule has 7 heteroatoms. The van der Waals surface area contributed by atoms with Crippen molar-refractivity contribution in [2.75, 3.05) is 0 Å². The molecule has 1 aromatic carbocycles. The number of benzene rings is 1. The lowest BCUT2D eigenvalue weighted by atomic mass is 9.90. The summed E-state index contributed by atoms with van der Waals surface area (Å²) in [5.41, 5.74) is 0.294. The van der Waals surface area contributed by atoms with Crippen LogP contribution < -0.4 is 5.32 Å². The Labute approximate surface area is 170 Å². The van der Waals surface area contributed by atoms with E-state index in [-0.39, 0.29) is 17.1 Å². The van der Waals surface area contributed by atoms with Crippen molar-refractivity contribution in [3.8, 4) is 6.07 Å². The first kappa shape index (κ1) is 20.4. The molecule has 0 saturated heterocycles. The van der Waals surface area contributed by atoms with Gasteiger partial charge >= 0.3 is 0 Å². The molecule has 0 bridgehead atoms. The number of nitriles is 1. The molecule has 148 valence electrons. The summed E-state index contributed by atoms with van der Waals surface area (Å²) in [5, 5.41) is 21.5. The van der Waals surface area contributed by atoms with Crippen LogP contribution in [0.4, 0.5) is 0 Å². The number of hydrogen-bond acceptors (Lipinski definition) is 5. The summed E-state index contributed by atoms with van der Waals surface area (Å²) in [6.07, 6.45) is 2.28. The van der Waals surface area contributed by atoms with Crippen molar-refractivity contribution >= 4 is 17.7 Å². The van der Waals surface area contributed by atoms with Crippen molar-refractivity contribution < 1.29 is 4.79 Å². The minimum atomic E-state index is -0.886. The summed E-state index contributed by atoms with van der Waals surface area (Å²) in [6, 6.07) is 12.4. The summed E-state index contributed by atoms with van der Waals surface area (Å²) in [5.74, 6) is 1.33. The molecule has 0 spiro atoms. The van der Waals surface area contributed by atoms with Crippen LogP contribution in [0.25, 0.3) is 0 Å². The fourth-order valence-corrected chi connectivity index (χ4v) is 3.67. The van der Waals surface area contributed by atoms with Gasteiger partial charge in [0.1, 0.15) is 11.4 Å². The highest BCUT2D eigenvalue weighted by Gasteiger charge is 2.34. The van der Waals surface area contributed by atoms with Crippen LogP contribution in [-0.2, 0) is 11.3 Å². The Kier molecular flexibility index (Phi) is 6.09. The number of carbonyl (C=O) groups excluding carboxylic acids is 1. The van der Waals surface area contributed by atoms with Gasteiger partial charge in [-0.25, -0.2) is 0 Å². The SMILES string of the molecule is CC(Sc1nnc(C2CC2)n1Cc1ccccc1)C(=O)NC(C)(C#N)C(C)C. The highest BCUT2D eigenvalue weighted by Crippen LogP contribution is 2.40. The van der Waals surface area contributed by atoms with Gasteiger partial charge in [-0.1, -0.05) is 55.9 Å². The Hall–Kier alpha value is -2.33. The molecule has 1 aromatic heterocycles.